The minimum Gasteiger partial charge on any atom is -0.463 e. The molecule has 0 atom stereocenters. The molecule has 0 aliphatic carbocycles. The second kappa shape index (κ2) is 9.96. The smallest absolute Gasteiger partial charge is 0.330 e. The summed E-state index contributed by atoms with van der Waals surface area (Å²) in [5, 5.41) is 0. The minimum atomic E-state index is -0.339. The summed E-state index contributed by atoms with van der Waals surface area (Å²) in [7, 11) is 0. The normalized spacial score (nSPS) is 10.9. The Hall–Kier alpha value is -1.58. The molecule has 90 valence electrons. The third-order valence-electron chi connectivity index (χ3n) is 1.63. The molecule has 0 aromatic heterocycles. The lowest BCUT2D eigenvalue weighted by molar-refractivity contribution is -0.140. The molecule has 0 aromatic rings. The highest BCUT2D eigenvalue weighted by molar-refractivity contribution is 5.82. The molecular weight excluding hydrogens is 208 g/mol. The van der Waals surface area contributed by atoms with Crippen molar-refractivity contribution in [3.05, 3.63) is 24.3 Å². The van der Waals surface area contributed by atoms with Crippen LogP contribution in [0, 0.1) is 0 Å². The van der Waals surface area contributed by atoms with E-state index >= 15 is 0 Å². The first-order valence-corrected chi connectivity index (χ1v) is 5.29. The number of hydrogen-bond donors (Lipinski definition) is 0. The van der Waals surface area contributed by atoms with Gasteiger partial charge in [-0.05, 0) is 26.7 Å². The van der Waals surface area contributed by atoms with Gasteiger partial charge in [0.1, 0.15) is 0 Å². The molecule has 0 aliphatic heterocycles. The SMILES string of the molecule is C/C=C\C(=O)OCCCCOC(=O)/C=C\C. The number of rotatable bonds is 7. The third-order valence-corrected chi connectivity index (χ3v) is 1.63. The highest BCUT2D eigenvalue weighted by Crippen LogP contribution is 1.93. The Morgan fingerprint density at radius 3 is 1.56 bits per heavy atom. The van der Waals surface area contributed by atoms with Crippen molar-refractivity contribution in [1.82, 2.24) is 0 Å². The molecule has 16 heavy (non-hydrogen) atoms. The van der Waals surface area contributed by atoms with E-state index in [1.807, 2.05) is 0 Å². The Morgan fingerprint density at radius 2 is 1.25 bits per heavy atom. The maximum Gasteiger partial charge on any atom is 0.330 e. The zero-order valence-electron chi connectivity index (χ0n) is 9.77. The molecule has 4 heteroatoms. The number of carbonyl (C=O) groups is 2. The van der Waals surface area contributed by atoms with Crippen LogP contribution in [0.4, 0.5) is 0 Å². The number of unbranched alkanes of at least 4 members (excludes halogenated alkanes) is 1. The van der Waals surface area contributed by atoms with Crippen LogP contribution in [-0.4, -0.2) is 25.2 Å². The summed E-state index contributed by atoms with van der Waals surface area (Å²) >= 11 is 0. The van der Waals surface area contributed by atoms with Crippen LogP contribution in [0.2, 0.25) is 0 Å². The molecule has 0 aliphatic rings. The Labute approximate surface area is 95.9 Å². The van der Waals surface area contributed by atoms with Gasteiger partial charge in [0, 0.05) is 12.2 Å². The molecule has 0 N–H and O–H groups in total. The molecule has 0 amide bonds. The predicted octanol–water partition coefficient (Wildman–Crippen LogP) is 2.01. The van der Waals surface area contributed by atoms with Crippen LogP contribution in [0.25, 0.3) is 0 Å². The lowest BCUT2D eigenvalue weighted by Crippen LogP contribution is -2.05. The Bertz CT molecular complexity index is 238. The van der Waals surface area contributed by atoms with Crippen LogP contribution >= 0.6 is 0 Å². The number of ether oxygens (including phenoxy) is 2. The first-order valence-electron chi connectivity index (χ1n) is 5.29. The van der Waals surface area contributed by atoms with Gasteiger partial charge < -0.3 is 9.47 Å². The quantitative estimate of drug-likeness (QED) is 0.378. The summed E-state index contributed by atoms with van der Waals surface area (Å²) in [6.07, 6.45) is 7.36. The summed E-state index contributed by atoms with van der Waals surface area (Å²) in [5.41, 5.74) is 0. The molecule has 0 spiro atoms. The Balaban J connectivity index is 3.34. The monoisotopic (exact) mass is 226 g/mol. The van der Waals surface area contributed by atoms with Crippen molar-refractivity contribution in [1.29, 1.82) is 0 Å². The van der Waals surface area contributed by atoms with Gasteiger partial charge in [-0.1, -0.05) is 12.2 Å². The number of hydrogen-bond acceptors (Lipinski definition) is 4. The maximum absolute atomic E-state index is 10.9. The average molecular weight is 226 g/mol. The second-order valence-electron chi connectivity index (χ2n) is 3.04. The molecule has 0 saturated carbocycles. The van der Waals surface area contributed by atoms with Gasteiger partial charge in [-0.2, -0.15) is 0 Å². The lowest BCUT2D eigenvalue weighted by Gasteiger charge is -2.02. The molecule has 0 saturated heterocycles. The molecule has 0 aromatic carbocycles. The zero-order valence-corrected chi connectivity index (χ0v) is 9.77. The number of allylic oxidation sites excluding steroid dienone is 2. The van der Waals surface area contributed by atoms with E-state index < -0.39 is 0 Å². The maximum atomic E-state index is 10.9. The third kappa shape index (κ3) is 8.99. The van der Waals surface area contributed by atoms with E-state index in [4.69, 9.17) is 9.47 Å². The topological polar surface area (TPSA) is 52.6 Å². The predicted molar refractivity (Wildman–Crippen MR) is 60.8 cm³/mol. The van der Waals surface area contributed by atoms with Crippen molar-refractivity contribution in [3.8, 4) is 0 Å². The summed E-state index contributed by atoms with van der Waals surface area (Å²) < 4.78 is 9.71. The van der Waals surface area contributed by atoms with Crippen LogP contribution in [0.15, 0.2) is 24.3 Å². The van der Waals surface area contributed by atoms with Crippen LogP contribution in [0.3, 0.4) is 0 Å². The van der Waals surface area contributed by atoms with Crippen LogP contribution < -0.4 is 0 Å². The molecule has 0 rings (SSSR count). The fourth-order valence-corrected chi connectivity index (χ4v) is 0.918. The van der Waals surface area contributed by atoms with Crippen molar-refractivity contribution in [2.75, 3.05) is 13.2 Å². The molecule has 0 unspecified atom stereocenters. The molecular formula is C12H18O4. The second-order valence-corrected chi connectivity index (χ2v) is 3.04. The average Bonchev–Trinajstić information content (AvgIpc) is 2.24. The molecule has 0 radical (unpaired) electrons. The fraction of sp³-hybridized carbons (Fsp3) is 0.500. The van der Waals surface area contributed by atoms with E-state index in [1.54, 1.807) is 26.0 Å². The van der Waals surface area contributed by atoms with Gasteiger partial charge >= 0.3 is 11.9 Å². The summed E-state index contributed by atoms with van der Waals surface area (Å²) in [6, 6.07) is 0. The van der Waals surface area contributed by atoms with Gasteiger partial charge in [0.15, 0.2) is 0 Å². The minimum absolute atomic E-state index is 0.339. The van der Waals surface area contributed by atoms with Crippen molar-refractivity contribution < 1.29 is 19.1 Å². The van der Waals surface area contributed by atoms with Gasteiger partial charge in [0.25, 0.3) is 0 Å². The van der Waals surface area contributed by atoms with E-state index in [2.05, 4.69) is 0 Å². The molecule has 0 heterocycles. The summed E-state index contributed by atoms with van der Waals surface area (Å²) in [5.74, 6) is -0.679. The Kier molecular flexibility index (Phi) is 8.97. The molecule has 4 nitrogen and oxygen atoms in total. The highest BCUT2D eigenvalue weighted by atomic mass is 16.5. The van der Waals surface area contributed by atoms with E-state index in [-0.39, 0.29) is 11.9 Å². The van der Waals surface area contributed by atoms with Crippen LogP contribution in [0.5, 0.6) is 0 Å². The van der Waals surface area contributed by atoms with Gasteiger partial charge in [0.2, 0.25) is 0 Å². The van der Waals surface area contributed by atoms with Gasteiger partial charge in [-0.3, -0.25) is 0 Å². The van der Waals surface area contributed by atoms with E-state index in [0.717, 1.165) is 0 Å². The molecule has 0 bridgehead atoms. The van der Waals surface area contributed by atoms with Gasteiger partial charge in [-0.15, -0.1) is 0 Å². The fourth-order valence-electron chi connectivity index (χ4n) is 0.918. The van der Waals surface area contributed by atoms with Gasteiger partial charge in [-0.25, -0.2) is 9.59 Å². The standard InChI is InChI=1S/C12H18O4/c1-3-7-11(13)15-9-5-6-10-16-12(14)8-4-2/h3-4,7-8H,5-6,9-10H2,1-2H3/b7-3-,8-4-. The van der Waals surface area contributed by atoms with E-state index in [9.17, 15) is 9.59 Å². The largest absolute Gasteiger partial charge is 0.463 e. The highest BCUT2D eigenvalue weighted by Gasteiger charge is 1.98. The number of carbonyl (C=O) groups excluding carboxylic acids is 2. The number of esters is 2. The van der Waals surface area contributed by atoms with Crippen LogP contribution in [-0.2, 0) is 19.1 Å². The first kappa shape index (κ1) is 14.4. The Morgan fingerprint density at radius 1 is 0.875 bits per heavy atom. The summed E-state index contributed by atoms with van der Waals surface area (Å²) in [4.78, 5) is 21.7. The summed E-state index contributed by atoms with van der Waals surface area (Å²) in [6.45, 7) is 4.21. The van der Waals surface area contributed by atoms with E-state index in [0.29, 0.717) is 26.1 Å². The molecule has 0 fully saturated rings. The lowest BCUT2D eigenvalue weighted by atomic mass is 10.3. The van der Waals surface area contributed by atoms with Crippen molar-refractivity contribution in [2.24, 2.45) is 0 Å². The zero-order chi connectivity index (χ0) is 12.2. The van der Waals surface area contributed by atoms with Gasteiger partial charge in [0.05, 0.1) is 13.2 Å². The van der Waals surface area contributed by atoms with Crippen LogP contribution in [0.1, 0.15) is 26.7 Å². The van der Waals surface area contributed by atoms with E-state index in [1.165, 1.54) is 12.2 Å². The van der Waals surface area contributed by atoms with Crippen molar-refractivity contribution in [3.63, 3.8) is 0 Å². The van der Waals surface area contributed by atoms with Crippen molar-refractivity contribution in [2.45, 2.75) is 26.7 Å². The van der Waals surface area contributed by atoms with Crippen molar-refractivity contribution >= 4 is 11.9 Å². The first-order chi connectivity index (χ1) is 7.70.